The van der Waals surface area contributed by atoms with Crippen LogP contribution >= 0.6 is 0 Å². The van der Waals surface area contributed by atoms with Crippen LogP contribution in [-0.2, 0) is 18.9 Å². The van der Waals surface area contributed by atoms with Gasteiger partial charge in [-0.3, -0.25) is 4.90 Å². The predicted octanol–water partition coefficient (Wildman–Crippen LogP) is -0.0868. The third-order valence-corrected chi connectivity index (χ3v) is 2.02. The number of methoxy groups -OCH3 is 1. The lowest BCUT2D eigenvalue weighted by molar-refractivity contribution is -0.123. The minimum atomic E-state index is 0.289. The minimum Gasteiger partial charge on any atom is -0.379 e. The summed E-state index contributed by atoms with van der Waals surface area (Å²) in [5, 5.41) is 0. The van der Waals surface area contributed by atoms with E-state index in [1.165, 1.54) is 0 Å². The predicted molar refractivity (Wildman–Crippen MR) is 51.0 cm³/mol. The van der Waals surface area contributed by atoms with E-state index in [1.807, 2.05) is 0 Å². The van der Waals surface area contributed by atoms with Gasteiger partial charge in [-0.15, -0.1) is 0 Å². The third-order valence-electron chi connectivity index (χ3n) is 2.02. The van der Waals surface area contributed by atoms with E-state index < -0.39 is 0 Å². The van der Waals surface area contributed by atoms with Crippen molar-refractivity contribution in [3.63, 3.8) is 0 Å². The molecule has 84 valence electrons. The lowest BCUT2D eigenvalue weighted by atomic mass is 10.4. The molecule has 0 aromatic carbocycles. The Bertz CT molecular complexity index is 128. The van der Waals surface area contributed by atoms with Crippen molar-refractivity contribution in [2.24, 2.45) is 0 Å². The fourth-order valence-electron chi connectivity index (χ4n) is 1.25. The Morgan fingerprint density at radius 3 is 2.64 bits per heavy atom. The summed E-state index contributed by atoms with van der Waals surface area (Å²) in [6.07, 6.45) is 0. The van der Waals surface area contributed by atoms with Crippen LogP contribution in [0.4, 0.5) is 0 Å². The number of morpholine rings is 1. The van der Waals surface area contributed by atoms with Crippen molar-refractivity contribution in [1.82, 2.24) is 4.90 Å². The maximum Gasteiger partial charge on any atom is 0.149 e. The number of hydrogen-bond donors (Lipinski definition) is 0. The van der Waals surface area contributed by atoms with Crippen molar-refractivity contribution in [2.75, 3.05) is 60.2 Å². The summed E-state index contributed by atoms with van der Waals surface area (Å²) in [5.41, 5.74) is 0. The largest absolute Gasteiger partial charge is 0.379 e. The first kappa shape index (κ1) is 11.9. The maximum absolute atomic E-state index is 5.25. The lowest BCUT2D eigenvalue weighted by Gasteiger charge is -2.26. The van der Waals surface area contributed by atoms with Crippen LogP contribution in [0.25, 0.3) is 0 Å². The van der Waals surface area contributed by atoms with Gasteiger partial charge in [0.15, 0.2) is 0 Å². The Balaban J connectivity index is 1.82. The van der Waals surface area contributed by atoms with Crippen LogP contribution in [0.15, 0.2) is 0 Å². The molecule has 0 atom stereocenters. The van der Waals surface area contributed by atoms with Gasteiger partial charge in [-0.1, -0.05) is 0 Å². The number of ether oxygens (including phenoxy) is 4. The third kappa shape index (κ3) is 5.51. The Hall–Kier alpha value is -0.200. The first-order valence-corrected chi connectivity index (χ1v) is 4.88. The van der Waals surface area contributed by atoms with Gasteiger partial charge in [-0.05, 0) is 0 Å². The molecule has 0 unspecified atom stereocenters. The average Bonchev–Trinajstić information content (AvgIpc) is 2.25. The SMILES string of the molecule is COCOCOCCN1CCOCC1. The Morgan fingerprint density at radius 1 is 1.14 bits per heavy atom. The van der Waals surface area contributed by atoms with E-state index in [1.54, 1.807) is 7.11 Å². The van der Waals surface area contributed by atoms with Gasteiger partial charge in [-0.2, -0.15) is 0 Å². The highest BCUT2D eigenvalue weighted by Gasteiger charge is 2.08. The highest BCUT2D eigenvalue weighted by atomic mass is 16.7. The zero-order valence-corrected chi connectivity index (χ0v) is 8.74. The molecule has 14 heavy (non-hydrogen) atoms. The molecule has 1 fully saturated rings. The summed E-state index contributed by atoms with van der Waals surface area (Å²) >= 11 is 0. The fraction of sp³-hybridized carbons (Fsp3) is 1.00. The van der Waals surface area contributed by atoms with E-state index in [2.05, 4.69) is 4.90 Å². The monoisotopic (exact) mass is 205 g/mol. The van der Waals surface area contributed by atoms with Crippen LogP contribution in [0.3, 0.4) is 0 Å². The van der Waals surface area contributed by atoms with Gasteiger partial charge in [0, 0.05) is 26.7 Å². The fourth-order valence-corrected chi connectivity index (χ4v) is 1.25. The van der Waals surface area contributed by atoms with E-state index >= 15 is 0 Å². The molecule has 0 spiro atoms. The van der Waals surface area contributed by atoms with Crippen molar-refractivity contribution in [3.05, 3.63) is 0 Å². The van der Waals surface area contributed by atoms with Crippen LogP contribution in [-0.4, -0.2) is 65.1 Å². The summed E-state index contributed by atoms with van der Waals surface area (Å²) in [5.74, 6) is 0. The van der Waals surface area contributed by atoms with Gasteiger partial charge in [0.25, 0.3) is 0 Å². The molecule has 0 saturated carbocycles. The highest BCUT2D eigenvalue weighted by Crippen LogP contribution is 1.95. The molecular formula is C9H19NO4. The Morgan fingerprint density at radius 2 is 1.93 bits per heavy atom. The van der Waals surface area contributed by atoms with Crippen molar-refractivity contribution >= 4 is 0 Å². The van der Waals surface area contributed by atoms with Crippen molar-refractivity contribution in [1.29, 1.82) is 0 Å². The van der Waals surface area contributed by atoms with E-state index in [0.29, 0.717) is 13.4 Å². The highest BCUT2D eigenvalue weighted by molar-refractivity contribution is 4.60. The van der Waals surface area contributed by atoms with Crippen LogP contribution in [0.1, 0.15) is 0 Å². The van der Waals surface area contributed by atoms with Gasteiger partial charge >= 0.3 is 0 Å². The molecule has 1 aliphatic heterocycles. The second-order valence-electron chi connectivity index (χ2n) is 3.09. The number of rotatable bonds is 7. The maximum atomic E-state index is 5.25. The Kier molecular flexibility index (Phi) is 6.90. The van der Waals surface area contributed by atoms with E-state index in [-0.39, 0.29) is 6.79 Å². The quantitative estimate of drug-likeness (QED) is 0.429. The van der Waals surface area contributed by atoms with Gasteiger partial charge in [0.05, 0.1) is 19.8 Å². The van der Waals surface area contributed by atoms with Crippen LogP contribution in [0, 0.1) is 0 Å². The lowest BCUT2D eigenvalue weighted by Crippen LogP contribution is -2.38. The van der Waals surface area contributed by atoms with Gasteiger partial charge in [-0.25, -0.2) is 0 Å². The first-order valence-electron chi connectivity index (χ1n) is 4.88. The summed E-state index contributed by atoms with van der Waals surface area (Å²) < 4.78 is 20.2. The molecule has 1 aliphatic rings. The molecule has 5 nitrogen and oxygen atoms in total. The van der Waals surface area contributed by atoms with Gasteiger partial charge in [0.1, 0.15) is 13.6 Å². The molecule has 5 heteroatoms. The normalized spacial score (nSPS) is 18.6. The zero-order valence-electron chi connectivity index (χ0n) is 8.74. The van der Waals surface area contributed by atoms with Gasteiger partial charge < -0.3 is 18.9 Å². The molecule has 0 aromatic heterocycles. The minimum absolute atomic E-state index is 0.289. The molecule has 0 bridgehead atoms. The number of nitrogens with zero attached hydrogens (tertiary/aromatic N) is 1. The molecular weight excluding hydrogens is 186 g/mol. The van der Waals surface area contributed by atoms with E-state index in [9.17, 15) is 0 Å². The number of hydrogen-bond acceptors (Lipinski definition) is 5. The van der Waals surface area contributed by atoms with Crippen LogP contribution < -0.4 is 0 Å². The standard InChI is InChI=1S/C9H19NO4/c1-11-8-14-9-13-7-4-10-2-5-12-6-3-10/h2-9H2,1H3. The first-order chi connectivity index (χ1) is 6.93. The van der Waals surface area contributed by atoms with Crippen molar-refractivity contribution in [2.45, 2.75) is 0 Å². The zero-order chi connectivity index (χ0) is 10.1. The average molecular weight is 205 g/mol. The second-order valence-corrected chi connectivity index (χ2v) is 3.09. The Labute approximate surface area is 84.9 Å². The molecule has 0 radical (unpaired) electrons. The van der Waals surface area contributed by atoms with E-state index in [4.69, 9.17) is 18.9 Å². The molecule has 1 rings (SSSR count). The topological polar surface area (TPSA) is 40.2 Å². The second kappa shape index (κ2) is 8.14. The molecule has 1 heterocycles. The molecule has 0 amide bonds. The summed E-state index contributed by atoms with van der Waals surface area (Å²) in [6.45, 7) is 5.91. The van der Waals surface area contributed by atoms with E-state index in [0.717, 1.165) is 32.8 Å². The van der Waals surface area contributed by atoms with Crippen LogP contribution in [0.2, 0.25) is 0 Å². The van der Waals surface area contributed by atoms with Crippen LogP contribution in [0.5, 0.6) is 0 Å². The summed E-state index contributed by atoms with van der Waals surface area (Å²) in [6, 6.07) is 0. The summed E-state index contributed by atoms with van der Waals surface area (Å²) in [7, 11) is 1.59. The molecule has 0 aromatic rings. The van der Waals surface area contributed by atoms with Crippen molar-refractivity contribution in [3.8, 4) is 0 Å². The molecule has 0 aliphatic carbocycles. The summed E-state index contributed by atoms with van der Waals surface area (Å²) in [4.78, 5) is 2.32. The smallest absolute Gasteiger partial charge is 0.149 e. The van der Waals surface area contributed by atoms with Crippen molar-refractivity contribution < 1.29 is 18.9 Å². The molecule has 1 saturated heterocycles. The van der Waals surface area contributed by atoms with Gasteiger partial charge in [0.2, 0.25) is 0 Å². The molecule has 0 N–H and O–H groups in total.